The highest BCUT2D eigenvalue weighted by Gasteiger charge is 2.33. The molecule has 3 nitrogen and oxygen atoms in total. The van der Waals surface area contributed by atoms with Gasteiger partial charge in [-0.2, -0.15) is 0 Å². The summed E-state index contributed by atoms with van der Waals surface area (Å²) >= 11 is 0. The van der Waals surface area contributed by atoms with Crippen molar-refractivity contribution in [1.29, 1.82) is 0 Å². The van der Waals surface area contributed by atoms with E-state index in [9.17, 15) is 4.79 Å². The third-order valence-corrected chi connectivity index (χ3v) is 4.67. The highest BCUT2D eigenvalue weighted by Crippen LogP contribution is 2.28. The smallest absolute Gasteiger partial charge is 0.237 e. The second-order valence-corrected chi connectivity index (χ2v) is 7.25. The molecule has 0 spiro atoms. The van der Waals surface area contributed by atoms with Gasteiger partial charge in [-0.05, 0) is 36.3 Å². The minimum absolute atomic E-state index is 0.317. The molecule has 2 aliphatic rings. The Morgan fingerprint density at radius 1 is 1.26 bits per heavy atom. The molecule has 1 aliphatic carbocycles. The van der Waals surface area contributed by atoms with Crippen LogP contribution in [0.2, 0.25) is 0 Å². The summed E-state index contributed by atoms with van der Waals surface area (Å²) in [5, 5.41) is 0. The number of carbonyl (C=O) groups excluding carboxylic acids is 1. The molecule has 23 heavy (non-hydrogen) atoms. The Labute approximate surface area is 140 Å². The van der Waals surface area contributed by atoms with E-state index in [0.717, 1.165) is 26.1 Å². The molecule has 0 atom stereocenters. The van der Waals surface area contributed by atoms with Crippen LogP contribution in [0.3, 0.4) is 0 Å². The topological polar surface area (TPSA) is 23.6 Å². The molecule has 0 aromatic heterocycles. The van der Waals surface area contributed by atoms with Crippen molar-refractivity contribution in [2.24, 2.45) is 5.92 Å². The minimum atomic E-state index is 0.317. The fourth-order valence-electron chi connectivity index (χ4n) is 3.29. The quantitative estimate of drug-likeness (QED) is 0.803. The van der Waals surface area contributed by atoms with Crippen molar-refractivity contribution in [2.45, 2.75) is 39.2 Å². The van der Waals surface area contributed by atoms with E-state index in [1.54, 1.807) is 0 Å². The minimum Gasteiger partial charge on any atom is -0.338 e. The Kier molecular flexibility index (Phi) is 5.16. The average Bonchev–Trinajstić information content (AvgIpc) is 3.39. The van der Waals surface area contributed by atoms with Crippen LogP contribution in [-0.4, -0.2) is 47.9 Å². The van der Waals surface area contributed by atoms with E-state index in [1.165, 1.54) is 24.0 Å². The molecule has 1 aromatic carbocycles. The molecule has 1 amide bonds. The van der Waals surface area contributed by atoms with Crippen LogP contribution in [0.1, 0.15) is 38.7 Å². The normalized spacial score (nSPS) is 18.8. The van der Waals surface area contributed by atoms with Crippen LogP contribution in [0, 0.1) is 5.92 Å². The lowest BCUT2D eigenvalue weighted by molar-refractivity contribution is -0.133. The number of amides is 1. The number of rotatable bonds is 6. The predicted molar refractivity (Wildman–Crippen MR) is 95.0 cm³/mol. The number of hydrogen-bond acceptors (Lipinski definition) is 2. The van der Waals surface area contributed by atoms with E-state index >= 15 is 0 Å². The van der Waals surface area contributed by atoms with Gasteiger partial charge in [0.1, 0.15) is 0 Å². The van der Waals surface area contributed by atoms with Crippen LogP contribution < -0.4 is 0 Å². The van der Waals surface area contributed by atoms with Gasteiger partial charge in [0.15, 0.2) is 0 Å². The standard InChI is InChI=1S/C20H28N2O/c1-16(2)14-22(19-8-9-19)20(23)15-21-12-10-18(11-13-21)17-6-4-3-5-7-17/h3-7,10,16,19H,8-9,11-15H2,1-2H3. The van der Waals surface area contributed by atoms with E-state index in [2.05, 4.69) is 60.1 Å². The summed E-state index contributed by atoms with van der Waals surface area (Å²) in [6, 6.07) is 11.1. The van der Waals surface area contributed by atoms with Gasteiger partial charge in [-0.15, -0.1) is 0 Å². The Morgan fingerprint density at radius 3 is 2.57 bits per heavy atom. The SMILES string of the molecule is CC(C)CN(C(=O)CN1CC=C(c2ccccc2)CC1)C1CC1. The molecule has 0 radical (unpaired) electrons. The van der Waals surface area contributed by atoms with Crippen molar-refractivity contribution in [2.75, 3.05) is 26.2 Å². The first-order chi connectivity index (χ1) is 11.1. The number of carbonyl (C=O) groups is 1. The van der Waals surface area contributed by atoms with E-state index < -0.39 is 0 Å². The van der Waals surface area contributed by atoms with E-state index in [4.69, 9.17) is 0 Å². The molecule has 3 heteroatoms. The maximum atomic E-state index is 12.6. The summed E-state index contributed by atoms with van der Waals surface area (Å²) in [5.74, 6) is 0.864. The van der Waals surface area contributed by atoms with Crippen LogP contribution >= 0.6 is 0 Å². The molecule has 1 saturated carbocycles. The molecular weight excluding hydrogens is 284 g/mol. The van der Waals surface area contributed by atoms with Crippen LogP contribution in [-0.2, 0) is 4.79 Å². The lowest BCUT2D eigenvalue weighted by atomic mass is 9.99. The summed E-state index contributed by atoms with van der Waals surface area (Å²) in [6.45, 7) is 7.73. The third-order valence-electron chi connectivity index (χ3n) is 4.67. The maximum Gasteiger partial charge on any atom is 0.237 e. The van der Waals surface area contributed by atoms with Gasteiger partial charge in [0.25, 0.3) is 0 Å². The second-order valence-electron chi connectivity index (χ2n) is 7.25. The molecule has 1 aromatic rings. The molecule has 1 heterocycles. The van der Waals surface area contributed by atoms with Crippen LogP contribution in [0.25, 0.3) is 5.57 Å². The summed E-state index contributed by atoms with van der Waals surface area (Å²) in [6.07, 6.45) is 5.70. The summed E-state index contributed by atoms with van der Waals surface area (Å²) in [5.41, 5.74) is 2.73. The van der Waals surface area contributed by atoms with Gasteiger partial charge in [0, 0.05) is 25.7 Å². The number of benzene rings is 1. The van der Waals surface area contributed by atoms with Gasteiger partial charge in [-0.25, -0.2) is 0 Å². The summed E-state index contributed by atoms with van der Waals surface area (Å²) < 4.78 is 0. The average molecular weight is 312 g/mol. The monoisotopic (exact) mass is 312 g/mol. The van der Waals surface area contributed by atoms with Crippen LogP contribution in [0.5, 0.6) is 0 Å². The molecular formula is C20H28N2O. The molecule has 0 saturated heterocycles. The fraction of sp³-hybridized carbons (Fsp3) is 0.550. The Hall–Kier alpha value is -1.61. The lowest BCUT2D eigenvalue weighted by Gasteiger charge is -2.30. The Morgan fingerprint density at radius 2 is 2.00 bits per heavy atom. The van der Waals surface area contributed by atoms with Crippen molar-refractivity contribution in [3.8, 4) is 0 Å². The first kappa shape index (κ1) is 16.3. The van der Waals surface area contributed by atoms with E-state index in [1.807, 2.05) is 0 Å². The first-order valence-corrected chi connectivity index (χ1v) is 8.90. The third kappa shape index (κ3) is 4.44. The Balaban J connectivity index is 1.55. The Bertz CT molecular complexity index is 560. The highest BCUT2D eigenvalue weighted by molar-refractivity contribution is 5.79. The summed E-state index contributed by atoms with van der Waals surface area (Å²) in [7, 11) is 0. The van der Waals surface area contributed by atoms with E-state index in [-0.39, 0.29) is 0 Å². The molecule has 3 rings (SSSR count). The number of nitrogens with zero attached hydrogens (tertiary/aromatic N) is 2. The number of hydrogen-bond donors (Lipinski definition) is 0. The van der Waals surface area contributed by atoms with Crippen molar-refractivity contribution in [1.82, 2.24) is 9.80 Å². The first-order valence-electron chi connectivity index (χ1n) is 8.90. The zero-order valence-corrected chi connectivity index (χ0v) is 14.4. The summed E-state index contributed by atoms with van der Waals surface area (Å²) in [4.78, 5) is 17.1. The largest absolute Gasteiger partial charge is 0.338 e. The van der Waals surface area contributed by atoms with Gasteiger partial charge < -0.3 is 4.90 Å². The van der Waals surface area contributed by atoms with Crippen molar-refractivity contribution < 1.29 is 4.79 Å². The molecule has 0 unspecified atom stereocenters. The zero-order chi connectivity index (χ0) is 16.2. The highest BCUT2D eigenvalue weighted by atomic mass is 16.2. The van der Waals surface area contributed by atoms with Crippen LogP contribution in [0.4, 0.5) is 0 Å². The van der Waals surface area contributed by atoms with Gasteiger partial charge in [0.05, 0.1) is 6.54 Å². The van der Waals surface area contributed by atoms with Gasteiger partial charge in [-0.1, -0.05) is 50.3 Å². The van der Waals surface area contributed by atoms with Crippen molar-refractivity contribution in [3.05, 3.63) is 42.0 Å². The molecule has 1 aliphatic heterocycles. The zero-order valence-electron chi connectivity index (χ0n) is 14.4. The molecule has 1 fully saturated rings. The molecule has 124 valence electrons. The van der Waals surface area contributed by atoms with Gasteiger partial charge in [-0.3, -0.25) is 9.69 Å². The maximum absolute atomic E-state index is 12.6. The van der Waals surface area contributed by atoms with Crippen molar-refractivity contribution >= 4 is 11.5 Å². The molecule has 0 bridgehead atoms. The van der Waals surface area contributed by atoms with Gasteiger partial charge in [0.2, 0.25) is 5.91 Å². The predicted octanol–water partition coefficient (Wildman–Crippen LogP) is 3.42. The molecule has 0 N–H and O–H groups in total. The van der Waals surface area contributed by atoms with E-state index in [0.29, 0.717) is 24.4 Å². The van der Waals surface area contributed by atoms with Gasteiger partial charge >= 0.3 is 0 Å². The van der Waals surface area contributed by atoms with Crippen LogP contribution in [0.15, 0.2) is 36.4 Å². The fourth-order valence-corrected chi connectivity index (χ4v) is 3.29. The second kappa shape index (κ2) is 7.31. The van der Waals surface area contributed by atoms with Crippen molar-refractivity contribution in [3.63, 3.8) is 0 Å². The lowest BCUT2D eigenvalue weighted by Crippen LogP contribution is -2.44.